The van der Waals surface area contributed by atoms with Gasteiger partial charge in [-0.1, -0.05) is 103 Å². The van der Waals surface area contributed by atoms with Crippen molar-refractivity contribution in [3.05, 3.63) is 12.3 Å². The van der Waals surface area contributed by atoms with E-state index in [2.05, 4.69) is 50.4 Å². The summed E-state index contributed by atoms with van der Waals surface area (Å²) < 4.78 is 0. The molecule has 0 radical (unpaired) electrons. The summed E-state index contributed by atoms with van der Waals surface area (Å²) in [6.45, 7) is 4.51. The third-order valence-corrected chi connectivity index (χ3v) is 5.14. The van der Waals surface area contributed by atoms with E-state index in [4.69, 9.17) is 0 Å². The molecule has 1 N–H and O–H groups in total. The lowest BCUT2D eigenvalue weighted by Crippen LogP contribution is -2.37. The van der Waals surface area contributed by atoms with Gasteiger partial charge in [0.2, 0.25) is 0 Å². The van der Waals surface area contributed by atoms with Crippen LogP contribution in [0.5, 0.6) is 0 Å². The van der Waals surface area contributed by atoms with Gasteiger partial charge in [-0.15, -0.1) is 0 Å². The van der Waals surface area contributed by atoms with E-state index in [9.17, 15) is 0 Å². The second kappa shape index (κ2) is 19.8. The third kappa shape index (κ3) is 18.1. The van der Waals surface area contributed by atoms with Gasteiger partial charge in [0.05, 0.1) is 6.17 Å². The summed E-state index contributed by atoms with van der Waals surface area (Å²) in [4.78, 5) is 2.23. The minimum absolute atomic E-state index is 0.465. The third-order valence-electron chi connectivity index (χ3n) is 5.14. The van der Waals surface area contributed by atoms with Crippen LogP contribution in [0.25, 0.3) is 0 Å². The highest BCUT2D eigenvalue weighted by Crippen LogP contribution is 2.13. The van der Waals surface area contributed by atoms with Crippen LogP contribution in [-0.2, 0) is 0 Å². The van der Waals surface area contributed by atoms with E-state index in [-0.39, 0.29) is 0 Å². The lowest BCUT2D eigenvalue weighted by molar-refractivity contribution is 0.260. The molecule has 0 saturated carbocycles. The molecule has 0 aliphatic carbocycles. The molecular formula is C23H48N2. The molecule has 0 amide bonds. The van der Waals surface area contributed by atoms with E-state index in [1.807, 2.05) is 0 Å². The van der Waals surface area contributed by atoms with Crippen molar-refractivity contribution < 1.29 is 0 Å². The Kier molecular flexibility index (Phi) is 19.4. The van der Waals surface area contributed by atoms with Crippen molar-refractivity contribution in [1.82, 2.24) is 10.2 Å². The molecular weight excluding hydrogens is 304 g/mol. The summed E-state index contributed by atoms with van der Waals surface area (Å²) in [5.74, 6) is 0. The van der Waals surface area contributed by atoms with Crippen LogP contribution < -0.4 is 5.32 Å². The number of hydrogen-bond acceptors (Lipinski definition) is 2. The maximum Gasteiger partial charge on any atom is 0.0780 e. The van der Waals surface area contributed by atoms with Crippen LogP contribution in [0.4, 0.5) is 0 Å². The predicted octanol–water partition coefficient (Wildman–Crippen LogP) is 7.26. The van der Waals surface area contributed by atoms with Crippen molar-refractivity contribution in [3.63, 3.8) is 0 Å². The number of unbranched alkanes of at least 4 members (excludes halogenated alkanes) is 14. The van der Waals surface area contributed by atoms with Gasteiger partial charge < -0.3 is 5.32 Å². The van der Waals surface area contributed by atoms with Gasteiger partial charge in [0, 0.05) is 0 Å². The summed E-state index contributed by atoms with van der Waals surface area (Å²) in [6.07, 6.45) is 27.4. The van der Waals surface area contributed by atoms with E-state index < -0.39 is 0 Å². The molecule has 0 aliphatic heterocycles. The molecule has 25 heavy (non-hydrogen) atoms. The van der Waals surface area contributed by atoms with Gasteiger partial charge in [-0.2, -0.15) is 0 Å². The standard InChI is InChI=1S/C23H48N2/c1-5-7-8-9-10-11-12-13-14-15-16-17-18-19-20-21-22-24-23(6-2)25(3)4/h21-24H,5-20H2,1-4H3. The average molecular weight is 353 g/mol. The van der Waals surface area contributed by atoms with E-state index >= 15 is 0 Å². The Balaban J connectivity index is 3.19. The zero-order valence-electron chi connectivity index (χ0n) is 18.0. The van der Waals surface area contributed by atoms with Crippen LogP contribution in [0.15, 0.2) is 12.3 Å². The van der Waals surface area contributed by atoms with Crippen LogP contribution >= 0.6 is 0 Å². The first-order valence-electron chi connectivity index (χ1n) is 11.3. The molecule has 0 saturated heterocycles. The normalized spacial score (nSPS) is 13.0. The van der Waals surface area contributed by atoms with Crippen molar-refractivity contribution in [1.29, 1.82) is 0 Å². The van der Waals surface area contributed by atoms with Gasteiger partial charge in [-0.25, -0.2) is 0 Å². The molecule has 0 aliphatic rings. The number of allylic oxidation sites excluding steroid dienone is 1. The average Bonchev–Trinajstić information content (AvgIpc) is 2.60. The van der Waals surface area contributed by atoms with E-state index in [0.29, 0.717) is 6.17 Å². The highest BCUT2D eigenvalue weighted by molar-refractivity contribution is 4.81. The van der Waals surface area contributed by atoms with Crippen molar-refractivity contribution in [3.8, 4) is 0 Å². The smallest absolute Gasteiger partial charge is 0.0780 e. The molecule has 0 rings (SSSR count). The Morgan fingerprint density at radius 3 is 1.52 bits per heavy atom. The summed E-state index contributed by atoms with van der Waals surface area (Å²) in [6, 6.07) is 0. The zero-order valence-corrected chi connectivity index (χ0v) is 18.0. The van der Waals surface area contributed by atoms with Crippen molar-refractivity contribution in [2.75, 3.05) is 14.1 Å². The fraction of sp³-hybridized carbons (Fsp3) is 0.913. The number of hydrogen-bond donors (Lipinski definition) is 1. The molecule has 0 spiro atoms. The van der Waals surface area contributed by atoms with Crippen LogP contribution in [0.1, 0.15) is 117 Å². The monoisotopic (exact) mass is 352 g/mol. The fourth-order valence-electron chi connectivity index (χ4n) is 3.35. The SMILES string of the molecule is CCCCCCCCCCCCCCCCC=CNC(CC)N(C)C. The number of nitrogens with one attached hydrogen (secondary N) is 1. The highest BCUT2D eigenvalue weighted by atomic mass is 15.2. The highest BCUT2D eigenvalue weighted by Gasteiger charge is 2.03. The lowest BCUT2D eigenvalue weighted by Gasteiger charge is -2.22. The fourth-order valence-corrected chi connectivity index (χ4v) is 3.35. The molecule has 0 aromatic heterocycles. The topological polar surface area (TPSA) is 15.3 Å². The maximum atomic E-state index is 3.46. The maximum absolute atomic E-state index is 3.46. The second-order valence-electron chi connectivity index (χ2n) is 7.84. The van der Waals surface area contributed by atoms with Gasteiger partial charge in [-0.05, 0) is 39.6 Å². The Morgan fingerprint density at radius 1 is 0.680 bits per heavy atom. The summed E-state index contributed by atoms with van der Waals surface area (Å²) >= 11 is 0. The molecule has 0 fully saturated rings. The molecule has 0 aromatic rings. The predicted molar refractivity (Wildman–Crippen MR) is 115 cm³/mol. The van der Waals surface area contributed by atoms with Crippen molar-refractivity contribution in [2.24, 2.45) is 0 Å². The summed E-state index contributed by atoms with van der Waals surface area (Å²) in [7, 11) is 4.26. The van der Waals surface area contributed by atoms with E-state index in [1.54, 1.807) is 0 Å². The second-order valence-corrected chi connectivity index (χ2v) is 7.84. The Bertz CT molecular complexity index is 273. The molecule has 150 valence electrons. The van der Waals surface area contributed by atoms with Gasteiger partial charge in [-0.3, -0.25) is 4.90 Å². The molecule has 0 heterocycles. The minimum atomic E-state index is 0.465. The Hall–Kier alpha value is -0.500. The molecule has 1 atom stereocenters. The van der Waals surface area contributed by atoms with Crippen molar-refractivity contribution >= 4 is 0 Å². The molecule has 2 nitrogen and oxygen atoms in total. The van der Waals surface area contributed by atoms with Crippen LogP contribution in [0, 0.1) is 0 Å². The minimum Gasteiger partial charge on any atom is -0.376 e. The van der Waals surface area contributed by atoms with E-state index in [1.165, 1.54) is 96.3 Å². The summed E-state index contributed by atoms with van der Waals surface area (Å²) in [5, 5.41) is 3.46. The Labute approximate surface area is 159 Å². The first-order chi connectivity index (χ1) is 12.2. The largest absolute Gasteiger partial charge is 0.376 e. The van der Waals surface area contributed by atoms with E-state index in [0.717, 1.165) is 6.42 Å². The van der Waals surface area contributed by atoms with Gasteiger partial charge in [0.1, 0.15) is 0 Å². The number of nitrogens with zero attached hydrogens (tertiary/aromatic N) is 1. The van der Waals surface area contributed by atoms with Gasteiger partial charge in [0.25, 0.3) is 0 Å². The van der Waals surface area contributed by atoms with Crippen molar-refractivity contribution in [2.45, 2.75) is 123 Å². The first kappa shape index (κ1) is 24.5. The zero-order chi connectivity index (χ0) is 18.6. The molecule has 1 unspecified atom stereocenters. The van der Waals surface area contributed by atoms with Gasteiger partial charge in [0.15, 0.2) is 0 Å². The Morgan fingerprint density at radius 2 is 1.12 bits per heavy atom. The first-order valence-corrected chi connectivity index (χ1v) is 11.3. The lowest BCUT2D eigenvalue weighted by atomic mass is 10.0. The van der Waals surface area contributed by atoms with Crippen LogP contribution in [-0.4, -0.2) is 25.2 Å². The number of rotatable bonds is 19. The molecule has 2 heteroatoms. The van der Waals surface area contributed by atoms with Crippen LogP contribution in [0.3, 0.4) is 0 Å². The van der Waals surface area contributed by atoms with Crippen LogP contribution in [0.2, 0.25) is 0 Å². The molecule has 0 aromatic carbocycles. The van der Waals surface area contributed by atoms with Gasteiger partial charge >= 0.3 is 0 Å². The quantitative estimate of drug-likeness (QED) is 0.194. The summed E-state index contributed by atoms with van der Waals surface area (Å²) in [5.41, 5.74) is 0. The molecule has 0 bridgehead atoms.